The third kappa shape index (κ3) is 2.91. The fourth-order valence-corrected chi connectivity index (χ4v) is 3.22. The van der Waals surface area contributed by atoms with Crippen molar-refractivity contribution in [3.05, 3.63) is 53.7 Å². The van der Waals surface area contributed by atoms with Crippen LogP contribution in [-0.4, -0.2) is 34.4 Å². The highest BCUT2D eigenvalue weighted by molar-refractivity contribution is 6.02. The van der Waals surface area contributed by atoms with Gasteiger partial charge in [0.15, 0.2) is 0 Å². The molecule has 2 aromatic rings. The summed E-state index contributed by atoms with van der Waals surface area (Å²) < 4.78 is 37.9. The van der Waals surface area contributed by atoms with E-state index in [4.69, 9.17) is 0 Å². The van der Waals surface area contributed by atoms with Gasteiger partial charge in [0.05, 0.1) is 17.8 Å². The van der Waals surface area contributed by atoms with Crippen molar-refractivity contribution in [1.82, 2.24) is 15.2 Å². The van der Waals surface area contributed by atoms with E-state index in [-0.39, 0.29) is 30.4 Å². The molecular formula is C18H14F3N3O2. The molecule has 8 heteroatoms. The number of pyridine rings is 1. The number of nitrogens with zero attached hydrogens (tertiary/aromatic N) is 2. The molecule has 0 spiro atoms. The lowest BCUT2D eigenvalue weighted by molar-refractivity contribution is -0.137. The number of hydrogen-bond donors (Lipinski definition) is 1. The van der Waals surface area contributed by atoms with Crippen LogP contribution in [0.25, 0.3) is 11.3 Å². The Hall–Kier alpha value is -2.90. The van der Waals surface area contributed by atoms with Gasteiger partial charge < -0.3 is 5.32 Å². The second-order valence-corrected chi connectivity index (χ2v) is 6.38. The predicted molar refractivity (Wildman–Crippen MR) is 86.1 cm³/mol. The highest BCUT2D eigenvalue weighted by atomic mass is 19.4. The van der Waals surface area contributed by atoms with E-state index < -0.39 is 11.7 Å². The van der Waals surface area contributed by atoms with Crippen molar-refractivity contribution in [3.8, 4) is 11.3 Å². The Kier molecular flexibility index (Phi) is 3.71. The highest BCUT2D eigenvalue weighted by Crippen LogP contribution is 2.45. The minimum absolute atomic E-state index is 0.0349. The van der Waals surface area contributed by atoms with Crippen LogP contribution < -0.4 is 5.32 Å². The van der Waals surface area contributed by atoms with Gasteiger partial charge in [0.25, 0.3) is 0 Å². The van der Waals surface area contributed by atoms with Gasteiger partial charge >= 0.3 is 12.2 Å². The molecule has 2 aliphatic rings. The number of urea groups is 1. The van der Waals surface area contributed by atoms with E-state index in [1.807, 2.05) is 6.07 Å². The summed E-state index contributed by atoms with van der Waals surface area (Å²) in [4.78, 5) is 29.0. The maximum Gasteiger partial charge on any atom is 0.416 e. The molecule has 2 fully saturated rings. The number of alkyl halides is 3. The normalized spacial score (nSPS) is 22.5. The predicted octanol–water partition coefficient (Wildman–Crippen LogP) is 3.18. The lowest BCUT2D eigenvalue weighted by Crippen LogP contribution is -2.33. The maximum atomic E-state index is 12.6. The van der Waals surface area contributed by atoms with E-state index >= 15 is 0 Å². The van der Waals surface area contributed by atoms with Gasteiger partial charge in [-0.3, -0.25) is 14.7 Å². The SMILES string of the molecule is O=C1CNC(=O)N1C1CC1c1ccc(-c2ccc(C(F)(F)F)cc2)nc1. The molecule has 1 N–H and O–H groups in total. The Balaban J connectivity index is 1.48. The third-order valence-corrected chi connectivity index (χ3v) is 4.69. The van der Waals surface area contributed by atoms with E-state index in [1.165, 1.54) is 17.0 Å². The number of imide groups is 1. The molecule has 2 atom stereocenters. The van der Waals surface area contributed by atoms with Crippen LogP contribution in [0.1, 0.15) is 23.5 Å². The van der Waals surface area contributed by atoms with Crippen LogP contribution in [0.15, 0.2) is 42.6 Å². The van der Waals surface area contributed by atoms with Crippen molar-refractivity contribution in [1.29, 1.82) is 0 Å². The average Bonchev–Trinajstić information content (AvgIpc) is 3.33. The van der Waals surface area contributed by atoms with Gasteiger partial charge in [-0.05, 0) is 30.2 Å². The first-order valence-electron chi connectivity index (χ1n) is 8.08. The van der Waals surface area contributed by atoms with Gasteiger partial charge in [0.1, 0.15) is 0 Å². The van der Waals surface area contributed by atoms with Crippen LogP contribution in [0.4, 0.5) is 18.0 Å². The Morgan fingerprint density at radius 1 is 1.08 bits per heavy atom. The molecule has 1 aromatic carbocycles. The highest BCUT2D eigenvalue weighted by Gasteiger charge is 2.49. The molecule has 1 saturated carbocycles. The van der Waals surface area contributed by atoms with E-state index in [0.29, 0.717) is 17.7 Å². The zero-order valence-corrected chi connectivity index (χ0v) is 13.5. The summed E-state index contributed by atoms with van der Waals surface area (Å²) in [6, 6.07) is 7.89. The second kappa shape index (κ2) is 5.82. The molecule has 1 aliphatic heterocycles. The molecule has 3 amide bonds. The van der Waals surface area contributed by atoms with Crippen molar-refractivity contribution >= 4 is 11.9 Å². The Bertz CT molecular complexity index is 847. The number of amides is 3. The third-order valence-electron chi connectivity index (χ3n) is 4.69. The summed E-state index contributed by atoms with van der Waals surface area (Å²) in [5.41, 5.74) is 1.35. The standard InChI is InChI=1S/C18H14F3N3O2/c19-18(20,21)12-4-1-10(2-5-12)14-6-3-11(8-22-14)13-7-15(13)24-16(25)9-23-17(24)26/h1-6,8,13,15H,7,9H2,(H,23,26). The lowest BCUT2D eigenvalue weighted by atomic mass is 10.1. The molecule has 1 aromatic heterocycles. The summed E-state index contributed by atoms with van der Waals surface area (Å²) in [5, 5.41) is 2.50. The van der Waals surface area contributed by atoms with Crippen molar-refractivity contribution in [2.45, 2.75) is 24.6 Å². The van der Waals surface area contributed by atoms with Crippen LogP contribution in [0.5, 0.6) is 0 Å². The largest absolute Gasteiger partial charge is 0.416 e. The van der Waals surface area contributed by atoms with E-state index in [0.717, 1.165) is 17.7 Å². The summed E-state index contributed by atoms with van der Waals surface area (Å²) in [6.07, 6.45) is -2.02. The quantitative estimate of drug-likeness (QED) is 0.854. The summed E-state index contributed by atoms with van der Waals surface area (Å²) in [6.45, 7) is 0.0349. The first-order valence-corrected chi connectivity index (χ1v) is 8.08. The molecule has 134 valence electrons. The van der Waals surface area contributed by atoms with Crippen LogP contribution in [0.2, 0.25) is 0 Å². The van der Waals surface area contributed by atoms with Crippen LogP contribution in [0.3, 0.4) is 0 Å². The number of benzene rings is 1. The first-order chi connectivity index (χ1) is 12.3. The number of halogens is 3. The summed E-state index contributed by atoms with van der Waals surface area (Å²) in [7, 11) is 0. The number of hydrogen-bond acceptors (Lipinski definition) is 3. The van der Waals surface area contributed by atoms with Gasteiger partial charge in [-0.2, -0.15) is 13.2 Å². The lowest BCUT2D eigenvalue weighted by Gasteiger charge is -2.12. The molecule has 5 nitrogen and oxygen atoms in total. The molecule has 26 heavy (non-hydrogen) atoms. The number of aromatic nitrogens is 1. The molecule has 2 unspecified atom stereocenters. The second-order valence-electron chi connectivity index (χ2n) is 6.38. The molecule has 0 radical (unpaired) electrons. The molecular weight excluding hydrogens is 347 g/mol. The zero-order valence-electron chi connectivity index (χ0n) is 13.5. The van der Waals surface area contributed by atoms with Crippen molar-refractivity contribution in [3.63, 3.8) is 0 Å². The monoisotopic (exact) mass is 361 g/mol. The van der Waals surface area contributed by atoms with Crippen molar-refractivity contribution in [2.24, 2.45) is 0 Å². The fourth-order valence-electron chi connectivity index (χ4n) is 3.22. The zero-order chi connectivity index (χ0) is 18.5. The number of nitrogens with one attached hydrogen (secondary N) is 1. The van der Waals surface area contributed by atoms with Gasteiger partial charge in [0.2, 0.25) is 5.91 Å². The smallest absolute Gasteiger partial charge is 0.329 e. The molecule has 1 aliphatic carbocycles. The van der Waals surface area contributed by atoms with E-state index in [9.17, 15) is 22.8 Å². The topological polar surface area (TPSA) is 62.3 Å². The van der Waals surface area contributed by atoms with Gasteiger partial charge in [-0.15, -0.1) is 0 Å². The fraction of sp³-hybridized carbons (Fsp3) is 0.278. The molecule has 1 saturated heterocycles. The average molecular weight is 361 g/mol. The van der Waals surface area contributed by atoms with Gasteiger partial charge in [-0.1, -0.05) is 18.2 Å². The minimum atomic E-state index is -4.36. The first kappa shape index (κ1) is 16.6. The van der Waals surface area contributed by atoms with Crippen molar-refractivity contribution in [2.75, 3.05) is 6.54 Å². The number of carbonyl (C=O) groups is 2. The van der Waals surface area contributed by atoms with Gasteiger partial charge in [0, 0.05) is 23.7 Å². The maximum absolute atomic E-state index is 12.6. The summed E-state index contributed by atoms with van der Waals surface area (Å²) >= 11 is 0. The number of rotatable bonds is 3. The van der Waals surface area contributed by atoms with Crippen molar-refractivity contribution < 1.29 is 22.8 Å². The Labute approximate surface area is 146 Å². The minimum Gasteiger partial charge on any atom is -0.329 e. The van der Waals surface area contributed by atoms with Crippen LogP contribution in [0, 0.1) is 0 Å². The molecule has 4 rings (SSSR count). The number of carbonyl (C=O) groups excluding carboxylic acids is 2. The summed E-state index contributed by atoms with van der Waals surface area (Å²) in [5.74, 6) is -0.172. The van der Waals surface area contributed by atoms with Crippen LogP contribution in [-0.2, 0) is 11.0 Å². The molecule has 2 heterocycles. The Morgan fingerprint density at radius 2 is 1.81 bits per heavy atom. The van der Waals surface area contributed by atoms with Gasteiger partial charge in [-0.25, -0.2) is 4.79 Å². The van der Waals surface area contributed by atoms with E-state index in [2.05, 4.69) is 10.3 Å². The van der Waals surface area contributed by atoms with E-state index in [1.54, 1.807) is 12.3 Å². The van der Waals surface area contributed by atoms with Crippen LogP contribution >= 0.6 is 0 Å². The molecule has 0 bridgehead atoms. The Morgan fingerprint density at radius 3 is 2.35 bits per heavy atom.